The van der Waals surface area contributed by atoms with Gasteiger partial charge in [-0.1, -0.05) is 18.2 Å². The largest absolute Gasteiger partial charge is 0.337 e. The molecule has 0 radical (unpaired) electrons. The maximum absolute atomic E-state index is 10.8. The van der Waals surface area contributed by atoms with Crippen LogP contribution in [0.5, 0.6) is 0 Å². The number of aryl methyl sites for hydroxylation is 2. The summed E-state index contributed by atoms with van der Waals surface area (Å²) in [7, 11) is 0. The number of para-hydroxylation sites is 1. The van der Waals surface area contributed by atoms with Crippen molar-refractivity contribution < 1.29 is 4.92 Å². The fourth-order valence-corrected chi connectivity index (χ4v) is 1.77. The summed E-state index contributed by atoms with van der Waals surface area (Å²) in [6.45, 7) is 0.825. The van der Waals surface area contributed by atoms with Crippen LogP contribution in [-0.4, -0.2) is 14.5 Å². The second-order valence-electron chi connectivity index (χ2n) is 3.79. The summed E-state index contributed by atoms with van der Waals surface area (Å²) < 4.78 is 1.97. The molecule has 0 aliphatic rings. The molecule has 1 aromatic heterocycles. The predicted molar refractivity (Wildman–Crippen MR) is 63.6 cm³/mol. The Balaban J connectivity index is 1.97. The molecular formula is C12H13N3O2. The fraction of sp³-hybridized carbons (Fsp3) is 0.250. The van der Waals surface area contributed by atoms with E-state index in [1.807, 2.05) is 22.9 Å². The van der Waals surface area contributed by atoms with E-state index >= 15 is 0 Å². The number of nitro groups is 1. The van der Waals surface area contributed by atoms with E-state index in [-0.39, 0.29) is 10.6 Å². The highest BCUT2D eigenvalue weighted by Gasteiger charge is 2.11. The normalized spacial score (nSPS) is 10.4. The van der Waals surface area contributed by atoms with Crippen molar-refractivity contribution in [3.63, 3.8) is 0 Å². The minimum atomic E-state index is -0.327. The molecule has 0 amide bonds. The molecule has 0 aliphatic heterocycles. The van der Waals surface area contributed by atoms with Gasteiger partial charge in [0.25, 0.3) is 5.69 Å². The van der Waals surface area contributed by atoms with Crippen LogP contribution in [0.4, 0.5) is 5.69 Å². The molecule has 5 heteroatoms. The Kier molecular flexibility index (Phi) is 3.49. The summed E-state index contributed by atoms with van der Waals surface area (Å²) in [6, 6.07) is 6.88. The van der Waals surface area contributed by atoms with Gasteiger partial charge in [-0.25, -0.2) is 4.98 Å². The van der Waals surface area contributed by atoms with Crippen molar-refractivity contribution in [1.82, 2.24) is 9.55 Å². The summed E-state index contributed by atoms with van der Waals surface area (Å²) in [4.78, 5) is 14.4. The molecule has 0 aliphatic carbocycles. The van der Waals surface area contributed by atoms with E-state index in [0.717, 1.165) is 18.5 Å². The second kappa shape index (κ2) is 5.25. The molecule has 17 heavy (non-hydrogen) atoms. The van der Waals surface area contributed by atoms with Crippen LogP contribution >= 0.6 is 0 Å². The highest BCUT2D eigenvalue weighted by Crippen LogP contribution is 2.19. The lowest BCUT2D eigenvalue weighted by atomic mass is 10.1. The first kappa shape index (κ1) is 11.3. The molecule has 0 saturated heterocycles. The van der Waals surface area contributed by atoms with Crippen LogP contribution in [0.15, 0.2) is 43.0 Å². The van der Waals surface area contributed by atoms with Crippen molar-refractivity contribution in [3.05, 3.63) is 58.7 Å². The molecule has 0 bridgehead atoms. The number of nitrogens with zero attached hydrogens (tertiary/aromatic N) is 3. The quantitative estimate of drug-likeness (QED) is 0.586. The maximum atomic E-state index is 10.8. The van der Waals surface area contributed by atoms with Crippen molar-refractivity contribution in [2.45, 2.75) is 19.4 Å². The predicted octanol–water partition coefficient (Wildman–Crippen LogP) is 2.42. The lowest BCUT2D eigenvalue weighted by molar-refractivity contribution is -0.385. The van der Waals surface area contributed by atoms with Gasteiger partial charge in [0.2, 0.25) is 0 Å². The molecule has 5 nitrogen and oxygen atoms in total. The SMILES string of the molecule is O=[N+]([O-])c1ccccc1CCCn1ccnc1. The van der Waals surface area contributed by atoms with Crippen LogP contribution in [0, 0.1) is 10.1 Å². The van der Waals surface area contributed by atoms with Crippen molar-refractivity contribution in [3.8, 4) is 0 Å². The van der Waals surface area contributed by atoms with Crippen LogP contribution in [0.25, 0.3) is 0 Å². The lowest BCUT2D eigenvalue weighted by Gasteiger charge is -2.03. The molecule has 0 saturated carbocycles. The van der Waals surface area contributed by atoms with Gasteiger partial charge in [-0.05, 0) is 12.8 Å². The van der Waals surface area contributed by atoms with Gasteiger partial charge in [-0.3, -0.25) is 10.1 Å². The molecule has 88 valence electrons. The maximum Gasteiger partial charge on any atom is 0.272 e. The minimum Gasteiger partial charge on any atom is -0.337 e. The Bertz CT molecular complexity index is 494. The van der Waals surface area contributed by atoms with Crippen LogP contribution in [0.1, 0.15) is 12.0 Å². The third-order valence-electron chi connectivity index (χ3n) is 2.61. The average Bonchev–Trinajstić information content (AvgIpc) is 2.82. The van der Waals surface area contributed by atoms with E-state index in [4.69, 9.17) is 0 Å². The van der Waals surface area contributed by atoms with Crippen molar-refractivity contribution in [1.29, 1.82) is 0 Å². The lowest BCUT2D eigenvalue weighted by Crippen LogP contribution is -1.99. The summed E-state index contributed by atoms with van der Waals surface area (Å²) in [6.07, 6.45) is 6.93. The van der Waals surface area contributed by atoms with E-state index < -0.39 is 0 Å². The zero-order chi connectivity index (χ0) is 12.1. The van der Waals surface area contributed by atoms with Crippen molar-refractivity contribution in [2.75, 3.05) is 0 Å². The monoisotopic (exact) mass is 231 g/mol. The number of benzene rings is 1. The molecule has 1 heterocycles. The van der Waals surface area contributed by atoms with E-state index in [9.17, 15) is 10.1 Å². The minimum absolute atomic E-state index is 0.207. The Morgan fingerprint density at radius 3 is 2.88 bits per heavy atom. The van der Waals surface area contributed by atoms with Gasteiger partial charge in [0.15, 0.2) is 0 Å². The van der Waals surface area contributed by atoms with Gasteiger partial charge in [0, 0.05) is 30.6 Å². The molecule has 0 N–H and O–H groups in total. The highest BCUT2D eigenvalue weighted by molar-refractivity contribution is 5.39. The number of rotatable bonds is 5. The smallest absolute Gasteiger partial charge is 0.272 e. The molecule has 2 rings (SSSR count). The number of hydrogen-bond donors (Lipinski definition) is 0. The third kappa shape index (κ3) is 2.90. The van der Waals surface area contributed by atoms with Crippen LogP contribution in [-0.2, 0) is 13.0 Å². The zero-order valence-electron chi connectivity index (χ0n) is 9.32. The van der Waals surface area contributed by atoms with Gasteiger partial charge in [0.1, 0.15) is 0 Å². The number of aromatic nitrogens is 2. The third-order valence-corrected chi connectivity index (χ3v) is 2.61. The highest BCUT2D eigenvalue weighted by atomic mass is 16.6. The summed E-state index contributed by atoms with van der Waals surface area (Å²) in [5, 5.41) is 10.8. The average molecular weight is 231 g/mol. The topological polar surface area (TPSA) is 61.0 Å². The fourth-order valence-electron chi connectivity index (χ4n) is 1.77. The van der Waals surface area contributed by atoms with E-state index in [1.165, 1.54) is 0 Å². The first-order chi connectivity index (χ1) is 8.27. The number of hydrogen-bond acceptors (Lipinski definition) is 3. The van der Waals surface area contributed by atoms with Gasteiger partial charge >= 0.3 is 0 Å². The molecular weight excluding hydrogens is 218 g/mol. The van der Waals surface area contributed by atoms with Crippen LogP contribution < -0.4 is 0 Å². The summed E-state index contributed by atoms with van der Waals surface area (Å²) >= 11 is 0. The first-order valence-electron chi connectivity index (χ1n) is 5.45. The van der Waals surface area contributed by atoms with E-state index in [2.05, 4.69) is 4.98 Å². The van der Waals surface area contributed by atoms with Gasteiger partial charge in [-0.2, -0.15) is 0 Å². The Hall–Kier alpha value is -2.17. The Labute approximate surface area is 98.9 Å². The standard InChI is InChI=1S/C12H13N3O2/c16-15(17)12-6-2-1-4-11(12)5-3-8-14-9-7-13-10-14/h1-2,4,6-7,9-10H,3,5,8H2. The molecule has 0 spiro atoms. The van der Waals surface area contributed by atoms with Crippen molar-refractivity contribution >= 4 is 5.69 Å². The zero-order valence-corrected chi connectivity index (χ0v) is 9.32. The first-order valence-corrected chi connectivity index (χ1v) is 5.45. The Morgan fingerprint density at radius 2 is 2.18 bits per heavy atom. The van der Waals surface area contributed by atoms with Gasteiger partial charge < -0.3 is 4.57 Å². The van der Waals surface area contributed by atoms with E-state index in [0.29, 0.717) is 6.42 Å². The van der Waals surface area contributed by atoms with Gasteiger partial charge in [-0.15, -0.1) is 0 Å². The van der Waals surface area contributed by atoms with Crippen LogP contribution in [0.2, 0.25) is 0 Å². The molecule has 0 unspecified atom stereocenters. The second-order valence-corrected chi connectivity index (χ2v) is 3.79. The molecule has 0 fully saturated rings. The molecule has 0 atom stereocenters. The van der Waals surface area contributed by atoms with E-state index in [1.54, 1.807) is 24.7 Å². The van der Waals surface area contributed by atoms with Crippen LogP contribution in [0.3, 0.4) is 0 Å². The molecule has 2 aromatic rings. The number of nitro benzene ring substituents is 1. The van der Waals surface area contributed by atoms with Gasteiger partial charge in [0.05, 0.1) is 11.3 Å². The molecule has 1 aromatic carbocycles. The van der Waals surface area contributed by atoms with Crippen molar-refractivity contribution in [2.24, 2.45) is 0 Å². The summed E-state index contributed by atoms with van der Waals surface area (Å²) in [5.41, 5.74) is 0.996. The Morgan fingerprint density at radius 1 is 1.35 bits per heavy atom. The summed E-state index contributed by atoms with van der Waals surface area (Å²) in [5.74, 6) is 0. The number of imidazole rings is 1.